The third-order valence-electron chi connectivity index (χ3n) is 3.79. The maximum atomic E-state index is 12.3. The second-order valence-corrected chi connectivity index (χ2v) is 7.29. The van der Waals surface area contributed by atoms with Gasteiger partial charge >= 0.3 is 0 Å². The Kier molecular flexibility index (Phi) is 4.48. The zero-order valence-corrected chi connectivity index (χ0v) is 16.1. The van der Waals surface area contributed by atoms with E-state index in [1.165, 1.54) is 11.3 Å². The second-order valence-electron chi connectivity index (χ2n) is 5.52. The molecule has 0 saturated carbocycles. The molecule has 0 atom stereocenters. The first kappa shape index (κ1) is 16.8. The van der Waals surface area contributed by atoms with E-state index in [2.05, 4.69) is 26.2 Å². The van der Waals surface area contributed by atoms with Crippen LogP contribution in [0.15, 0.2) is 62.8 Å². The monoisotopic (exact) mass is 428 g/mol. The molecule has 0 aliphatic heterocycles. The van der Waals surface area contributed by atoms with Crippen LogP contribution in [-0.4, -0.2) is 18.0 Å². The number of anilines is 1. The largest absolute Gasteiger partial charge is 0.497 e. The van der Waals surface area contributed by atoms with Gasteiger partial charge in [-0.15, -0.1) is 11.3 Å². The summed E-state index contributed by atoms with van der Waals surface area (Å²) in [4.78, 5) is 16.8. The molecule has 7 heteroatoms. The van der Waals surface area contributed by atoms with E-state index >= 15 is 0 Å². The Morgan fingerprint density at radius 2 is 2.12 bits per heavy atom. The van der Waals surface area contributed by atoms with Crippen molar-refractivity contribution in [2.45, 2.75) is 0 Å². The fourth-order valence-corrected chi connectivity index (χ4v) is 3.60. The van der Waals surface area contributed by atoms with Gasteiger partial charge in [-0.25, -0.2) is 4.98 Å². The maximum Gasteiger partial charge on any atom is 0.257 e. The van der Waals surface area contributed by atoms with E-state index in [1.807, 2.05) is 41.8 Å². The maximum absolute atomic E-state index is 12.3. The van der Waals surface area contributed by atoms with Crippen LogP contribution in [0.5, 0.6) is 5.75 Å². The summed E-state index contributed by atoms with van der Waals surface area (Å²) in [5, 5.41) is 6.15. The number of rotatable bonds is 4. The van der Waals surface area contributed by atoms with Crippen LogP contribution < -0.4 is 10.1 Å². The van der Waals surface area contributed by atoms with Crippen LogP contribution in [0.4, 0.5) is 5.13 Å². The molecule has 5 nitrogen and oxygen atoms in total. The number of hydrogen-bond acceptors (Lipinski definition) is 5. The number of hydrogen-bond donors (Lipinski definition) is 1. The van der Waals surface area contributed by atoms with Crippen LogP contribution in [0.1, 0.15) is 10.4 Å². The first-order valence-electron chi connectivity index (χ1n) is 7.73. The molecule has 1 amide bonds. The first-order valence-corrected chi connectivity index (χ1v) is 9.40. The van der Waals surface area contributed by atoms with Crippen LogP contribution in [0.25, 0.3) is 22.4 Å². The minimum absolute atomic E-state index is 0.207. The van der Waals surface area contributed by atoms with Crippen LogP contribution in [0.3, 0.4) is 0 Å². The fourth-order valence-electron chi connectivity index (χ4n) is 2.51. The predicted octanol–water partition coefficient (Wildman–Crippen LogP) is 5.58. The molecule has 2 aromatic carbocycles. The van der Waals surface area contributed by atoms with Crippen molar-refractivity contribution in [3.63, 3.8) is 0 Å². The van der Waals surface area contributed by atoms with Crippen molar-refractivity contribution >= 4 is 49.3 Å². The lowest BCUT2D eigenvalue weighted by molar-refractivity contribution is 0.102. The number of amides is 1. The molecule has 0 bridgehead atoms. The number of carbonyl (C=O) groups is 1. The van der Waals surface area contributed by atoms with Gasteiger partial charge in [-0.2, -0.15) is 0 Å². The summed E-state index contributed by atoms with van der Waals surface area (Å²) in [5.41, 5.74) is 1.97. The molecular formula is C19H13BrN2O3S. The number of nitrogens with one attached hydrogen (secondary N) is 1. The Morgan fingerprint density at radius 3 is 2.92 bits per heavy atom. The average Bonchev–Trinajstić information content (AvgIpc) is 3.27. The molecule has 2 aromatic heterocycles. The highest BCUT2D eigenvalue weighted by Gasteiger charge is 2.13. The van der Waals surface area contributed by atoms with Gasteiger partial charge in [0.05, 0.1) is 7.11 Å². The van der Waals surface area contributed by atoms with Crippen molar-refractivity contribution in [1.82, 2.24) is 4.98 Å². The van der Waals surface area contributed by atoms with E-state index < -0.39 is 0 Å². The molecule has 0 unspecified atom stereocenters. The summed E-state index contributed by atoms with van der Waals surface area (Å²) in [7, 11) is 1.62. The van der Waals surface area contributed by atoms with Gasteiger partial charge in [0.2, 0.25) is 0 Å². The minimum atomic E-state index is -0.207. The summed E-state index contributed by atoms with van der Waals surface area (Å²) in [5.74, 6) is 1.17. The molecule has 0 spiro atoms. The quantitative estimate of drug-likeness (QED) is 0.460. The number of furan rings is 1. The molecule has 0 aliphatic rings. The average molecular weight is 429 g/mol. The molecule has 26 heavy (non-hydrogen) atoms. The molecule has 4 aromatic rings. The standard InChI is InChI=1S/C19H13BrN2O3S/c1-24-14-6-5-11-8-17(25-16(11)9-14)15-10-26-19(21-15)22-18(23)12-3-2-4-13(20)7-12/h2-10H,1H3,(H,21,22,23). The number of aromatic nitrogens is 1. The lowest BCUT2D eigenvalue weighted by Gasteiger charge is -2.01. The summed E-state index contributed by atoms with van der Waals surface area (Å²) in [6, 6.07) is 14.8. The second kappa shape index (κ2) is 6.93. The van der Waals surface area contributed by atoms with Crippen molar-refractivity contribution in [2.75, 3.05) is 12.4 Å². The third kappa shape index (κ3) is 3.36. The number of benzene rings is 2. The van der Waals surface area contributed by atoms with Gasteiger partial charge in [0.15, 0.2) is 10.9 Å². The zero-order chi connectivity index (χ0) is 18.1. The number of thiazole rings is 1. The summed E-state index contributed by atoms with van der Waals surface area (Å²) < 4.78 is 11.9. The third-order valence-corrected chi connectivity index (χ3v) is 5.04. The summed E-state index contributed by atoms with van der Waals surface area (Å²) in [6.45, 7) is 0. The van der Waals surface area contributed by atoms with Crippen molar-refractivity contribution in [3.8, 4) is 17.2 Å². The molecule has 130 valence electrons. The van der Waals surface area contributed by atoms with E-state index in [1.54, 1.807) is 19.2 Å². The number of ether oxygens (including phenoxy) is 1. The van der Waals surface area contributed by atoms with Crippen LogP contribution >= 0.6 is 27.3 Å². The predicted molar refractivity (Wildman–Crippen MR) is 106 cm³/mol. The molecular weight excluding hydrogens is 416 g/mol. The molecule has 0 aliphatic carbocycles. The number of carbonyl (C=O) groups excluding carboxylic acids is 1. The highest BCUT2D eigenvalue weighted by Crippen LogP contribution is 2.32. The van der Waals surface area contributed by atoms with Crippen molar-refractivity contribution in [3.05, 3.63) is 63.9 Å². The fraction of sp³-hybridized carbons (Fsp3) is 0.0526. The Balaban J connectivity index is 1.57. The van der Waals surface area contributed by atoms with Gasteiger partial charge in [-0.3, -0.25) is 10.1 Å². The van der Waals surface area contributed by atoms with Crippen molar-refractivity contribution in [2.24, 2.45) is 0 Å². The van der Waals surface area contributed by atoms with Gasteiger partial charge in [-0.1, -0.05) is 22.0 Å². The van der Waals surface area contributed by atoms with Crippen molar-refractivity contribution < 1.29 is 13.9 Å². The number of methoxy groups -OCH3 is 1. The topological polar surface area (TPSA) is 64.4 Å². The van der Waals surface area contributed by atoms with Gasteiger partial charge in [0, 0.05) is 26.9 Å². The van der Waals surface area contributed by atoms with E-state index in [0.717, 1.165) is 21.2 Å². The summed E-state index contributed by atoms with van der Waals surface area (Å²) >= 11 is 4.71. The number of fused-ring (bicyclic) bond motifs is 1. The summed E-state index contributed by atoms with van der Waals surface area (Å²) in [6.07, 6.45) is 0. The van der Waals surface area contributed by atoms with Crippen molar-refractivity contribution in [1.29, 1.82) is 0 Å². The van der Waals surface area contributed by atoms with E-state index in [9.17, 15) is 4.79 Å². The minimum Gasteiger partial charge on any atom is -0.497 e. The van der Waals surface area contributed by atoms with E-state index in [4.69, 9.17) is 9.15 Å². The first-order chi connectivity index (χ1) is 12.6. The molecule has 0 saturated heterocycles. The Bertz CT molecular complexity index is 1100. The zero-order valence-electron chi connectivity index (χ0n) is 13.7. The van der Waals surface area contributed by atoms with Crippen LogP contribution in [-0.2, 0) is 0 Å². The van der Waals surface area contributed by atoms with Gasteiger partial charge in [0.1, 0.15) is 17.0 Å². The van der Waals surface area contributed by atoms with Crippen LogP contribution in [0.2, 0.25) is 0 Å². The Morgan fingerprint density at radius 1 is 1.23 bits per heavy atom. The lowest BCUT2D eigenvalue weighted by atomic mass is 10.2. The SMILES string of the molecule is COc1ccc2cc(-c3csc(NC(=O)c4cccc(Br)c4)n3)oc2c1. The van der Waals surface area contributed by atoms with Gasteiger partial charge in [0.25, 0.3) is 5.91 Å². The normalized spacial score (nSPS) is 10.8. The highest BCUT2D eigenvalue weighted by molar-refractivity contribution is 9.10. The Labute approximate surface area is 161 Å². The van der Waals surface area contributed by atoms with Gasteiger partial charge in [-0.05, 0) is 36.4 Å². The molecule has 1 N–H and O–H groups in total. The molecule has 4 rings (SSSR count). The van der Waals surface area contributed by atoms with E-state index in [0.29, 0.717) is 22.1 Å². The molecule has 0 fully saturated rings. The molecule has 0 radical (unpaired) electrons. The molecule has 2 heterocycles. The smallest absolute Gasteiger partial charge is 0.257 e. The van der Waals surface area contributed by atoms with Crippen LogP contribution in [0, 0.1) is 0 Å². The highest BCUT2D eigenvalue weighted by atomic mass is 79.9. The lowest BCUT2D eigenvalue weighted by Crippen LogP contribution is -2.11. The Hall–Kier alpha value is -2.64. The number of nitrogens with zero attached hydrogens (tertiary/aromatic N) is 1. The number of halogens is 1. The van der Waals surface area contributed by atoms with Gasteiger partial charge < -0.3 is 9.15 Å². The van der Waals surface area contributed by atoms with E-state index in [-0.39, 0.29) is 5.91 Å².